The lowest BCUT2D eigenvalue weighted by atomic mass is 9.99. The zero-order valence-electron chi connectivity index (χ0n) is 17.3. The van der Waals surface area contributed by atoms with Crippen molar-refractivity contribution in [1.82, 2.24) is 0 Å². The number of nitrogens with zero attached hydrogens (tertiary/aromatic N) is 1. The van der Waals surface area contributed by atoms with Crippen LogP contribution in [0.1, 0.15) is 39.6 Å². The van der Waals surface area contributed by atoms with Crippen LogP contribution in [0.5, 0.6) is 5.75 Å². The second-order valence-electron chi connectivity index (χ2n) is 7.24. The van der Waals surface area contributed by atoms with Crippen molar-refractivity contribution < 1.29 is 32.3 Å². The highest BCUT2D eigenvalue weighted by Gasteiger charge is 2.24. The predicted octanol–water partition coefficient (Wildman–Crippen LogP) is 2.41. The van der Waals surface area contributed by atoms with Crippen molar-refractivity contribution >= 4 is 33.2 Å². The van der Waals surface area contributed by atoms with Crippen LogP contribution in [-0.4, -0.2) is 52.0 Å². The first-order chi connectivity index (χ1) is 14.6. The van der Waals surface area contributed by atoms with Gasteiger partial charge in [-0.15, -0.1) is 0 Å². The van der Waals surface area contributed by atoms with Crippen LogP contribution in [0, 0.1) is 0 Å². The number of ketones is 2. The van der Waals surface area contributed by atoms with Crippen molar-refractivity contribution in [3.05, 3.63) is 59.2 Å². The number of rotatable bonds is 8. The number of benzene rings is 2. The Morgan fingerprint density at radius 3 is 2.32 bits per heavy atom. The zero-order chi connectivity index (χ0) is 22.6. The maximum Gasteiger partial charge on any atom is 0.344 e. The van der Waals surface area contributed by atoms with Gasteiger partial charge in [0.1, 0.15) is 5.75 Å². The van der Waals surface area contributed by atoms with Gasteiger partial charge in [0.05, 0.1) is 11.9 Å². The molecule has 0 N–H and O–H groups in total. The monoisotopic (exact) mass is 445 g/mol. The Bertz CT molecular complexity index is 1110. The zero-order valence-corrected chi connectivity index (χ0v) is 18.1. The summed E-state index contributed by atoms with van der Waals surface area (Å²) >= 11 is 0. The SMILES string of the molecule is CC(=O)c1ccc(OCC(=O)OCC(=O)c2ccc3c(c2)CCCN3S(C)(=O)=O)cc1. The normalized spacial score (nSPS) is 13.3. The van der Waals surface area contributed by atoms with E-state index in [9.17, 15) is 22.8 Å². The Balaban J connectivity index is 1.54. The van der Waals surface area contributed by atoms with Gasteiger partial charge in [-0.3, -0.25) is 13.9 Å². The maximum atomic E-state index is 12.4. The molecule has 31 heavy (non-hydrogen) atoms. The molecule has 0 aromatic heterocycles. The summed E-state index contributed by atoms with van der Waals surface area (Å²) in [5.74, 6) is -0.766. The molecule has 1 aliphatic rings. The van der Waals surface area contributed by atoms with Crippen molar-refractivity contribution in [1.29, 1.82) is 0 Å². The highest BCUT2D eigenvalue weighted by molar-refractivity contribution is 7.92. The molecule has 0 aliphatic carbocycles. The first-order valence-corrected chi connectivity index (χ1v) is 11.5. The molecule has 0 fully saturated rings. The summed E-state index contributed by atoms with van der Waals surface area (Å²) in [4.78, 5) is 35.5. The second-order valence-corrected chi connectivity index (χ2v) is 9.14. The third-order valence-electron chi connectivity index (χ3n) is 4.86. The lowest BCUT2D eigenvalue weighted by Gasteiger charge is -2.29. The highest BCUT2D eigenvalue weighted by atomic mass is 32.2. The quantitative estimate of drug-likeness (QED) is 0.454. The Labute approximate surface area is 180 Å². The fourth-order valence-electron chi connectivity index (χ4n) is 3.28. The van der Waals surface area contributed by atoms with E-state index < -0.39 is 28.4 Å². The van der Waals surface area contributed by atoms with Gasteiger partial charge in [-0.25, -0.2) is 13.2 Å². The van der Waals surface area contributed by atoms with Crippen molar-refractivity contribution in [2.45, 2.75) is 19.8 Å². The number of esters is 1. The Morgan fingerprint density at radius 1 is 1.00 bits per heavy atom. The third kappa shape index (κ3) is 5.69. The molecule has 164 valence electrons. The van der Waals surface area contributed by atoms with E-state index in [2.05, 4.69) is 0 Å². The van der Waals surface area contributed by atoms with Crippen LogP contribution in [-0.2, 0) is 26.0 Å². The molecule has 0 saturated carbocycles. The van der Waals surface area contributed by atoms with E-state index in [1.54, 1.807) is 36.4 Å². The maximum absolute atomic E-state index is 12.4. The number of ether oxygens (including phenoxy) is 2. The van der Waals surface area contributed by atoms with E-state index in [1.807, 2.05) is 0 Å². The number of aryl methyl sites for hydroxylation is 1. The van der Waals surface area contributed by atoms with Gasteiger partial charge < -0.3 is 9.47 Å². The first-order valence-electron chi connectivity index (χ1n) is 9.68. The summed E-state index contributed by atoms with van der Waals surface area (Å²) in [5.41, 5.74) is 2.23. The van der Waals surface area contributed by atoms with E-state index in [0.29, 0.717) is 42.0 Å². The smallest absolute Gasteiger partial charge is 0.344 e. The van der Waals surface area contributed by atoms with Crippen molar-refractivity contribution in [2.75, 3.05) is 30.3 Å². The molecule has 1 aliphatic heterocycles. The fourth-order valence-corrected chi connectivity index (χ4v) is 4.28. The summed E-state index contributed by atoms with van der Waals surface area (Å²) < 4.78 is 35.5. The van der Waals surface area contributed by atoms with Crippen molar-refractivity contribution in [3.63, 3.8) is 0 Å². The minimum absolute atomic E-state index is 0.0734. The van der Waals surface area contributed by atoms with Crippen LogP contribution in [0.25, 0.3) is 0 Å². The number of fused-ring (bicyclic) bond motifs is 1. The fraction of sp³-hybridized carbons (Fsp3) is 0.318. The molecule has 0 spiro atoms. The summed E-state index contributed by atoms with van der Waals surface area (Å²) in [6.45, 7) is 1.04. The number of sulfonamides is 1. The molecule has 0 amide bonds. The average Bonchev–Trinajstić information content (AvgIpc) is 2.74. The lowest BCUT2D eigenvalue weighted by molar-refractivity contribution is -0.144. The third-order valence-corrected chi connectivity index (χ3v) is 6.04. The minimum atomic E-state index is -3.38. The van der Waals surface area contributed by atoms with E-state index in [0.717, 1.165) is 11.8 Å². The van der Waals surface area contributed by atoms with Gasteiger partial charge in [0.15, 0.2) is 24.8 Å². The van der Waals surface area contributed by atoms with E-state index in [-0.39, 0.29) is 12.4 Å². The number of hydrogen-bond donors (Lipinski definition) is 0. The minimum Gasteiger partial charge on any atom is -0.482 e. The van der Waals surface area contributed by atoms with Crippen LogP contribution in [0.3, 0.4) is 0 Å². The molecule has 2 aromatic rings. The van der Waals surface area contributed by atoms with Crippen molar-refractivity contribution in [3.8, 4) is 5.75 Å². The molecule has 0 unspecified atom stereocenters. The molecule has 1 heterocycles. The van der Waals surface area contributed by atoms with E-state index >= 15 is 0 Å². The van der Waals surface area contributed by atoms with Gasteiger partial charge in [-0.05, 0) is 67.8 Å². The number of carbonyl (C=O) groups excluding carboxylic acids is 3. The molecule has 0 bridgehead atoms. The van der Waals surface area contributed by atoms with Crippen LogP contribution < -0.4 is 9.04 Å². The largest absolute Gasteiger partial charge is 0.482 e. The Morgan fingerprint density at radius 2 is 1.68 bits per heavy atom. The number of carbonyl (C=O) groups is 3. The molecule has 3 rings (SSSR count). The second kappa shape index (κ2) is 9.30. The van der Waals surface area contributed by atoms with Gasteiger partial charge in [0, 0.05) is 17.7 Å². The summed E-state index contributed by atoms with van der Waals surface area (Å²) in [7, 11) is -3.38. The molecule has 9 heteroatoms. The summed E-state index contributed by atoms with van der Waals surface area (Å²) in [6, 6.07) is 11.1. The molecule has 0 saturated heterocycles. The summed E-state index contributed by atoms with van der Waals surface area (Å²) in [5, 5.41) is 0. The van der Waals surface area contributed by atoms with E-state index in [1.165, 1.54) is 17.3 Å². The van der Waals surface area contributed by atoms with Crippen LogP contribution in [0.4, 0.5) is 5.69 Å². The van der Waals surface area contributed by atoms with Gasteiger partial charge in [-0.2, -0.15) is 0 Å². The Hall–Kier alpha value is -3.20. The van der Waals surface area contributed by atoms with Crippen LogP contribution in [0.15, 0.2) is 42.5 Å². The molecular formula is C22H23NO7S. The molecular weight excluding hydrogens is 422 g/mol. The number of hydrogen-bond acceptors (Lipinski definition) is 7. The van der Waals surface area contributed by atoms with Crippen molar-refractivity contribution in [2.24, 2.45) is 0 Å². The lowest BCUT2D eigenvalue weighted by Crippen LogP contribution is -2.34. The van der Waals surface area contributed by atoms with Crippen LogP contribution >= 0.6 is 0 Å². The summed E-state index contributed by atoms with van der Waals surface area (Å²) in [6.07, 6.45) is 2.48. The van der Waals surface area contributed by atoms with Gasteiger partial charge >= 0.3 is 5.97 Å². The van der Waals surface area contributed by atoms with Gasteiger partial charge in [0.25, 0.3) is 0 Å². The number of anilines is 1. The molecule has 0 radical (unpaired) electrons. The number of Topliss-reactive ketones (excluding diaryl/α,β-unsaturated/α-hetero) is 2. The Kier molecular flexibility index (Phi) is 6.74. The average molecular weight is 445 g/mol. The predicted molar refractivity (Wildman–Crippen MR) is 114 cm³/mol. The molecule has 8 nitrogen and oxygen atoms in total. The highest BCUT2D eigenvalue weighted by Crippen LogP contribution is 2.30. The molecule has 0 atom stereocenters. The van der Waals surface area contributed by atoms with Crippen LogP contribution in [0.2, 0.25) is 0 Å². The van der Waals surface area contributed by atoms with Gasteiger partial charge in [0.2, 0.25) is 10.0 Å². The van der Waals surface area contributed by atoms with E-state index in [4.69, 9.17) is 9.47 Å². The standard InChI is InChI=1S/C22H23NO7S/c1-15(24)16-5-8-19(9-6-16)29-14-22(26)30-13-21(25)18-7-10-20-17(12-18)4-3-11-23(20)31(2,27)28/h5-10,12H,3-4,11,13-14H2,1-2H3. The topological polar surface area (TPSA) is 107 Å². The molecule has 2 aromatic carbocycles. The van der Waals surface area contributed by atoms with Gasteiger partial charge in [-0.1, -0.05) is 0 Å². The first kappa shape index (κ1) is 22.5.